The second kappa shape index (κ2) is 6.92. The first-order valence-electron chi connectivity index (χ1n) is 8.97. The van der Waals surface area contributed by atoms with Crippen LogP contribution in [0.3, 0.4) is 0 Å². The van der Waals surface area contributed by atoms with Crippen molar-refractivity contribution in [1.29, 1.82) is 0 Å². The quantitative estimate of drug-likeness (QED) is 0.777. The largest absolute Gasteiger partial charge is 0.494 e. The van der Waals surface area contributed by atoms with Gasteiger partial charge in [-0.05, 0) is 39.0 Å². The van der Waals surface area contributed by atoms with E-state index < -0.39 is 0 Å². The number of nitrogens with one attached hydrogen (secondary N) is 1. The highest BCUT2D eigenvalue weighted by Gasteiger charge is 2.24. The van der Waals surface area contributed by atoms with Crippen molar-refractivity contribution < 1.29 is 9.47 Å². The average molecular weight is 353 g/mol. The van der Waals surface area contributed by atoms with Crippen LogP contribution < -0.4 is 9.64 Å². The van der Waals surface area contributed by atoms with E-state index in [4.69, 9.17) is 9.47 Å². The molecular formula is C19H23N5O2. The first-order valence-corrected chi connectivity index (χ1v) is 8.97. The molecule has 0 bridgehead atoms. The molecule has 1 N–H and O–H groups in total. The lowest BCUT2D eigenvalue weighted by Crippen LogP contribution is -2.45. The van der Waals surface area contributed by atoms with E-state index in [2.05, 4.69) is 38.9 Å². The molecule has 7 heteroatoms. The number of anilines is 1. The molecule has 1 fully saturated rings. The molecule has 136 valence electrons. The molecule has 1 aliphatic rings. The fraction of sp³-hybridized carbons (Fsp3) is 0.421. The van der Waals surface area contributed by atoms with Gasteiger partial charge in [0, 0.05) is 24.5 Å². The Morgan fingerprint density at radius 2 is 2.00 bits per heavy atom. The van der Waals surface area contributed by atoms with E-state index in [0.717, 1.165) is 46.9 Å². The number of H-pyrrole nitrogens is 1. The van der Waals surface area contributed by atoms with Crippen LogP contribution in [-0.2, 0) is 4.74 Å². The summed E-state index contributed by atoms with van der Waals surface area (Å²) in [5.74, 6) is 1.72. The van der Waals surface area contributed by atoms with Crippen LogP contribution in [0.1, 0.15) is 20.8 Å². The second-order valence-electron chi connectivity index (χ2n) is 6.64. The van der Waals surface area contributed by atoms with E-state index in [-0.39, 0.29) is 12.2 Å². The standard InChI is InChI=1S/C19H23N5O2/c1-4-25-14-5-6-16-15(7-14)19(23-22-16)17-8-18(21-11-20-17)24-9-12(2)26-13(3)10-24/h5-8,11-13H,4,9-10H2,1-3H3,(H,22,23). The van der Waals surface area contributed by atoms with Gasteiger partial charge in [-0.15, -0.1) is 0 Å². The van der Waals surface area contributed by atoms with Crippen molar-refractivity contribution in [3.05, 3.63) is 30.6 Å². The Balaban J connectivity index is 1.70. The van der Waals surface area contributed by atoms with E-state index in [0.29, 0.717) is 6.61 Å². The van der Waals surface area contributed by atoms with Gasteiger partial charge < -0.3 is 14.4 Å². The molecule has 3 heterocycles. The molecule has 0 radical (unpaired) electrons. The van der Waals surface area contributed by atoms with E-state index in [1.165, 1.54) is 0 Å². The maximum atomic E-state index is 5.82. The third-order valence-electron chi connectivity index (χ3n) is 4.48. The van der Waals surface area contributed by atoms with Gasteiger partial charge in [0.1, 0.15) is 23.6 Å². The summed E-state index contributed by atoms with van der Waals surface area (Å²) in [6.07, 6.45) is 1.96. The van der Waals surface area contributed by atoms with Crippen molar-refractivity contribution in [3.8, 4) is 17.1 Å². The lowest BCUT2D eigenvalue weighted by Gasteiger charge is -2.36. The highest BCUT2D eigenvalue weighted by molar-refractivity contribution is 5.93. The zero-order valence-corrected chi connectivity index (χ0v) is 15.3. The van der Waals surface area contributed by atoms with E-state index in [9.17, 15) is 0 Å². The zero-order valence-electron chi connectivity index (χ0n) is 15.3. The van der Waals surface area contributed by atoms with E-state index in [1.54, 1.807) is 6.33 Å². The molecule has 1 saturated heterocycles. The smallest absolute Gasteiger partial charge is 0.132 e. The molecule has 2 aromatic heterocycles. The molecule has 0 spiro atoms. The van der Waals surface area contributed by atoms with Gasteiger partial charge in [0.2, 0.25) is 0 Å². The monoisotopic (exact) mass is 353 g/mol. The van der Waals surface area contributed by atoms with Crippen molar-refractivity contribution in [1.82, 2.24) is 20.2 Å². The molecule has 0 aliphatic carbocycles. The molecule has 2 unspecified atom stereocenters. The molecule has 4 rings (SSSR count). The highest BCUT2D eigenvalue weighted by Crippen LogP contribution is 2.30. The van der Waals surface area contributed by atoms with Crippen LogP contribution in [0.5, 0.6) is 5.75 Å². The number of hydrogen-bond donors (Lipinski definition) is 1. The van der Waals surface area contributed by atoms with Crippen molar-refractivity contribution in [2.75, 3.05) is 24.6 Å². The van der Waals surface area contributed by atoms with Crippen molar-refractivity contribution in [2.45, 2.75) is 33.0 Å². The van der Waals surface area contributed by atoms with E-state index in [1.807, 2.05) is 31.2 Å². The number of hydrogen-bond acceptors (Lipinski definition) is 6. The normalized spacial score (nSPS) is 20.5. The molecule has 0 amide bonds. The van der Waals surface area contributed by atoms with Crippen LogP contribution in [0.4, 0.5) is 5.82 Å². The SMILES string of the molecule is CCOc1ccc2[nH]nc(-c3cc(N4CC(C)OC(C)C4)ncn3)c2c1. The molecule has 7 nitrogen and oxygen atoms in total. The fourth-order valence-corrected chi connectivity index (χ4v) is 3.46. The van der Waals surface area contributed by atoms with Crippen LogP contribution in [0.15, 0.2) is 30.6 Å². The van der Waals surface area contributed by atoms with Crippen LogP contribution in [0, 0.1) is 0 Å². The van der Waals surface area contributed by atoms with Crippen molar-refractivity contribution in [3.63, 3.8) is 0 Å². The van der Waals surface area contributed by atoms with Gasteiger partial charge in [-0.1, -0.05) is 0 Å². The lowest BCUT2D eigenvalue weighted by atomic mass is 10.1. The van der Waals surface area contributed by atoms with Gasteiger partial charge >= 0.3 is 0 Å². The minimum absolute atomic E-state index is 0.178. The third kappa shape index (κ3) is 3.22. The molecule has 26 heavy (non-hydrogen) atoms. The van der Waals surface area contributed by atoms with Crippen molar-refractivity contribution in [2.24, 2.45) is 0 Å². The number of benzene rings is 1. The zero-order chi connectivity index (χ0) is 18.1. The number of aromatic nitrogens is 4. The van der Waals surface area contributed by atoms with Gasteiger partial charge in [0.05, 0.1) is 30.0 Å². The van der Waals surface area contributed by atoms with Gasteiger partial charge in [-0.2, -0.15) is 5.10 Å². The summed E-state index contributed by atoms with van der Waals surface area (Å²) in [6, 6.07) is 7.91. The Morgan fingerprint density at radius 1 is 1.19 bits per heavy atom. The molecule has 1 aliphatic heterocycles. The molecule has 0 saturated carbocycles. The van der Waals surface area contributed by atoms with Crippen molar-refractivity contribution >= 4 is 16.7 Å². The lowest BCUT2D eigenvalue weighted by molar-refractivity contribution is -0.00546. The molecule has 1 aromatic carbocycles. The molecule has 2 atom stereocenters. The Bertz CT molecular complexity index is 900. The Labute approximate surface area is 152 Å². The maximum absolute atomic E-state index is 5.82. The topological polar surface area (TPSA) is 76.2 Å². The van der Waals surface area contributed by atoms with Gasteiger partial charge in [0.25, 0.3) is 0 Å². The fourth-order valence-electron chi connectivity index (χ4n) is 3.46. The van der Waals surface area contributed by atoms with Crippen LogP contribution in [-0.4, -0.2) is 52.1 Å². The van der Waals surface area contributed by atoms with Gasteiger partial charge in [-0.3, -0.25) is 5.10 Å². The second-order valence-corrected chi connectivity index (χ2v) is 6.64. The van der Waals surface area contributed by atoms with Crippen LogP contribution in [0.25, 0.3) is 22.3 Å². The number of nitrogens with zero attached hydrogens (tertiary/aromatic N) is 4. The number of fused-ring (bicyclic) bond motifs is 1. The number of aromatic amines is 1. The Morgan fingerprint density at radius 3 is 2.77 bits per heavy atom. The molecular weight excluding hydrogens is 330 g/mol. The first kappa shape index (κ1) is 16.8. The predicted octanol–water partition coefficient (Wildman–Crippen LogP) is 3.03. The summed E-state index contributed by atoms with van der Waals surface area (Å²) < 4.78 is 11.4. The summed E-state index contributed by atoms with van der Waals surface area (Å²) in [6.45, 7) is 8.40. The Hall–Kier alpha value is -2.67. The van der Waals surface area contributed by atoms with Gasteiger partial charge in [-0.25, -0.2) is 9.97 Å². The summed E-state index contributed by atoms with van der Waals surface area (Å²) in [4.78, 5) is 11.2. The highest BCUT2D eigenvalue weighted by atomic mass is 16.5. The minimum atomic E-state index is 0.178. The average Bonchev–Trinajstić information content (AvgIpc) is 3.04. The van der Waals surface area contributed by atoms with Crippen LogP contribution >= 0.6 is 0 Å². The summed E-state index contributed by atoms with van der Waals surface area (Å²) >= 11 is 0. The van der Waals surface area contributed by atoms with Gasteiger partial charge in [0.15, 0.2) is 0 Å². The first-order chi connectivity index (χ1) is 12.6. The number of rotatable bonds is 4. The summed E-state index contributed by atoms with van der Waals surface area (Å²) in [5.41, 5.74) is 2.55. The predicted molar refractivity (Wildman–Crippen MR) is 101 cm³/mol. The number of morpholine rings is 1. The third-order valence-corrected chi connectivity index (χ3v) is 4.48. The Kier molecular flexibility index (Phi) is 4.46. The maximum Gasteiger partial charge on any atom is 0.132 e. The molecule has 3 aromatic rings. The summed E-state index contributed by atoms with van der Waals surface area (Å²) in [7, 11) is 0. The minimum Gasteiger partial charge on any atom is -0.494 e. The number of ether oxygens (including phenoxy) is 2. The van der Waals surface area contributed by atoms with E-state index >= 15 is 0 Å². The summed E-state index contributed by atoms with van der Waals surface area (Å²) in [5, 5.41) is 8.53. The van der Waals surface area contributed by atoms with Crippen LogP contribution in [0.2, 0.25) is 0 Å².